The number of halogens is 1. The molecule has 0 spiro atoms. The zero-order valence-corrected chi connectivity index (χ0v) is 24.1. The highest BCUT2D eigenvalue weighted by atomic mass is 35.5. The van der Waals surface area contributed by atoms with Gasteiger partial charge in [-0.2, -0.15) is 4.98 Å². The van der Waals surface area contributed by atoms with E-state index in [1.54, 1.807) is 22.9 Å². The van der Waals surface area contributed by atoms with Crippen molar-refractivity contribution in [3.05, 3.63) is 87.6 Å². The maximum atomic E-state index is 14.0. The lowest BCUT2D eigenvalue weighted by molar-refractivity contribution is -0.679. The number of anilines is 1. The first-order valence-corrected chi connectivity index (χ1v) is 14.0. The molecule has 2 aliphatic heterocycles. The predicted octanol–water partition coefficient (Wildman–Crippen LogP) is 4.04. The molecule has 0 radical (unpaired) electrons. The van der Waals surface area contributed by atoms with Crippen LogP contribution < -0.4 is 15.2 Å². The number of hydrogen-bond donors (Lipinski definition) is 0. The maximum Gasteiger partial charge on any atom is 0.442 e. The van der Waals surface area contributed by atoms with Crippen LogP contribution in [0.2, 0.25) is 5.02 Å². The summed E-state index contributed by atoms with van der Waals surface area (Å²) in [5.74, 6) is 0.383. The number of amides is 1. The van der Waals surface area contributed by atoms with E-state index in [1.807, 2.05) is 61.4 Å². The summed E-state index contributed by atoms with van der Waals surface area (Å²) in [6.45, 7) is 12.5. The van der Waals surface area contributed by atoms with Crippen LogP contribution in [0, 0.1) is 6.92 Å². The van der Waals surface area contributed by atoms with Gasteiger partial charge >= 0.3 is 11.3 Å². The van der Waals surface area contributed by atoms with Gasteiger partial charge in [-0.25, -0.2) is 9.36 Å². The Morgan fingerprint density at radius 3 is 2.54 bits per heavy atom. The van der Waals surface area contributed by atoms with Crippen LogP contribution in [0.25, 0.3) is 28.0 Å². The molecule has 4 aromatic rings. The zero-order chi connectivity index (χ0) is 29.2. The molecule has 0 aliphatic carbocycles. The van der Waals surface area contributed by atoms with E-state index < -0.39 is 5.69 Å². The molecule has 6 rings (SSSR count). The second-order valence-electron chi connectivity index (χ2n) is 10.8. The normalized spacial score (nSPS) is 19.7. The fourth-order valence-electron chi connectivity index (χ4n) is 6.51. The Hall–Kier alpha value is -4.37. The molecule has 9 nitrogen and oxygen atoms in total. The highest BCUT2D eigenvalue weighted by molar-refractivity contribution is 6.33. The van der Waals surface area contributed by atoms with Crippen molar-refractivity contribution < 1.29 is 14.2 Å². The number of hydrogen-bond acceptors (Lipinski definition) is 6. The van der Waals surface area contributed by atoms with E-state index in [2.05, 4.69) is 21.4 Å². The van der Waals surface area contributed by atoms with E-state index >= 15 is 0 Å². The number of rotatable bonds is 4. The van der Waals surface area contributed by atoms with Crippen LogP contribution in [-0.4, -0.2) is 56.8 Å². The average molecular weight is 570 g/mol. The molecule has 1 fully saturated rings. The maximum absolute atomic E-state index is 14.0. The number of benzene rings is 1. The second-order valence-corrected chi connectivity index (χ2v) is 11.2. The molecule has 1 unspecified atom stereocenters. The number of carbonyl (C=O) groups excluding carboxylic acids is 2. The number of aldehydes is 1. The largest absolute Gasteiger partial charge is 0.442 e. The summed E-state index contributed by atoms with van der Waals surface area (Å²) in [6, 6.07) is 10.4. The Balaban J connectivity index is 1.69. The Morgan fingerprint density at radius 1 is 1.15 bits per heavy atom. The molecule has 1 amide bonds. The van der Waals surface area contributed by atoms with E-state index in [-0.39, 0.29) is 24.0 Å². The summed E-state index contributed by atoms with van der Waals surface area (Å²) in [7, 11) is 0. The van der Waals surface area contributed by atoms with Crippen LogP contribution in [0.3, 0.4) is 0 Å². The number of fused-ring (bicyclic) bond motifs is 2. The van der Waals surface area contributed by atoms with Gasteiger partial charge in [0.2, 0.25) is 5.91 Å². The first-order chi connectivity index (χ1) is 19.7. The van der Waals surface area contributed by atoms with Crippen molar-refractivity contribution in [1.82, 2.24) is 19.4 Å². The summed E-state index contributed by atoms with van der Waals surface area (Å²) in [5, 5.41) is 1.12. The third-order valence-corrected chi connectivity index (χ3v) is 8.49. The van der Waals surface area contributed by atoms with Gasteiger partial charge in [0, 0.05) is 48.1 Å². The van der Waals surface area contributed by atoms with Crippen LogP contribution in [0.4, 0.5) is 5.82 Å². The monoisotopic (exact) mass is 569 g/mol. The lowest BCUT2D eigenvalue weighted by Gasteiger charge is -2.44. The molecule has 41 heavy (non-hydrogen) atoms. The number of nitrogens with zero attached hydrogens (tertiary/aromatic N) is 6. The summed E-state index contributed by atoms with van der Waals surface area (Å²) in [5.41, 5.74) is 4.27. The van der Waals surface area contributed by atoms with Crippen molar-refractivity contribution in [1.29, 1.82) is 0 Å². The Kier molecular flexibility index (Phi) is 6.49. The molecular weight excluding hydrogens is 540 g/mol. The molecule has 1 saturated heterocycles. The average Bonchev–Trinajstić information content (AvgIpc) is 2.95. The summed E-state index contributed by atoms with van der Waals surface area (Å²) in [4.78, 5) is 51.8. The Labute approximate surface area is 242 Å². The molecule has 3 atom stereocenters. The molecule has 0 bridgehead atoms. The van der Waals surface area contributed by atoms with Gasteiger partial charge in [-0.05, 0) is 52.0 Å². The van der Waals surface area contributed by atoms with Gasteiger partial charge < -0.3 is 9.80 Å². The topological polar surface area (TPSA) is 92.3 Å². The number of aromatic nitrogens is 4. The van der Waals surface area contributed by atoms with E-state index in [4.69, 9.17) is 11.6 Å². The summed E-state index contributed by atoms with van der Waals surface area (Å²) in [6.07, 6.45) is 3.88. The molecular formula is C31H30ClN6O3+. The fourth-order valence-corrected chi connectivity index (χ4v) is 6.82. The van der Waals surface area contributed by atoms with E-state index in [0.29, 0.717) is 63.2 Å². The SMILES string of the molecule is C=CC(=O)N1[C@H](C)CN(c2nc(=O)n3c4c2cc(Cl)c(-c2ccccc2C=O)[n+]4C(C)c2nccc(C)c2-3)C[C@H]1C. The smallest absolute Gasteiger partial charge is 0.352 e. The van der Waals surface area contributed by atoms with Gasteiger partial charge in [-0.15, -0.1) is 4.57 Å². The zero-order valence-electron chi connectivity index (χ0n) is 23.3. The van der Waals surface area contributed by atoms with Gasteiger partial charge in [-0.3, -0.25) is 14.6 Å². The van der Waals surface area contributed by atoms with Crippen molar-refractivity contribution >= 4 is 40.6 Å². The molecule has 0 N–H and O–H groups in total. The molecule has 3 aromatic heterocycles. The van der Waals surface area contributed by atoms with Gasteiger partial charge in [-0.1, -0.05) is 36.4 Å². The minimum absolute atomic E-state index is 0.125. The molecule has 2 aliphatic rings. The quantitative estimate of drug-likeness (QED) is 0.209. The van der Waals surface area contributed by atoms with Crippen LogP contribution >= 0.6 is 11.6 Å². The highest BCUT2D eigenvalue weighted by Gasteiger charge is 2.41. The van der Waals surface area contributed by atoms with Crippen molar-refractivity contribution in [3.8, 4) is 16.9 Å². The highest BCUT2D eigenvalue weighted by Crippen LogP contribution is 2.39. The lowest BCUT2D eigenvalue weighted by Crippen LogP contribution is -2.59. The molecule has 10 heteroatoms. The third-order valence-electron chi connectivity index (χ3n) is 8.20. The van der Waals surface area contributed by atoms with Crippen LogP contribution in [0.15, 0.2) is 60.0 Å². The van der Waals surface area contributed by atoms with E-state index in [1.165, 1.54) is 6.08 Å². The Morgan fingerprint density at radius 2 is 1.85 bits per heavy atom. The number of piperazine rings is 1. The third kappa shape index (κ3) is 3.98. The number of pyridine rings is 2. The van der Waals surface area contributed by atoms with E-state index in [9.17, 15) is 14.4 Å². The van der Waals surface area contributed by atoms with Crippen molar-refractivity contribution in [2.24, 2.45) is 0 Å². The molecule has 208 valence electrons. The van der Waals surface area contributed by atoms with Crippen molar-refractivity contribution in [2.75, 3.05) is 18.0 Å². The van der Waals surface area contributed by atoms with Gasteiger partial charge in [0.15, 0.2) is 23.5 Å². The summed E-state index contributed by atoms with van der Waals surface area (Å²) < 4.78 is 3.62. The predicted molar refractivity (Wildman–Crippen MR) is 158 cm³/mol. The Bertz CT molecular complexity index is 1820. The lowest BCUT2D eigenvalue weighted by atomic mass is 9.99. The van der Waals surface area contributed by atoms with E-state index in [0.717, 1.165) is 11.8 Å². The van der Waals surface area contributed by atoms with Gasteiger partial charge in [0.1, 0.15) is 17.1 Å². The standard InChI is InChI=1S/C31H30ClN6O3/c1-6-25(40)36-18(3)14-35(15-19(36)4)29-23-13-24(32)28(22-10-8-7-9-21(22)16-39)37-20(5)26-27(17(2)11-12-33-26)38(30(23)37)31(41)34-29/h6-13,16,18-20H,1,14-15H2,2-5H3/q+1/t18-,19-,20?/m1/s1. The first-order valence-electron chi connectivity index (χ1n) is 13.6. The number of aryl methyl sites for hydroxylation is 1. The van der Waals surface area contributed by atoms with Crippen molar-refractivity contribution in [3.63, 3.8) is 0 Å². The van der Waals surface area contributed by atoms with Crippen molar-refractivity contribution in [2.45, 2.75) is 45.8 Å². The van der Waals surface area contributed by atoms with Crippen LogP contribution in [-0.2, 0) is 4.79 Å². The van der Waals surface area contributed by atoms with Gasteiger partial charge in [0.25, 0.3) is 0 Å². The van der Waals surface area contributed by atoms with Gasteiger partial charge in [0.05, 0.1) is 5.02 Å². The summed E-state index contributed by atoms with van der Waals surface area (Å²) >= 11 is 7.09. The van der Waals surface area contributed by atoms with Crippen LogP contribution in [0.5, 0.6) is 0 Å². The molecule has 5 heterocycles. The second kappa shape index (κ2) is 9.92. The molecule has 1 aromatic carbocycles. The fraction of sp³-hybridized carbons (Fsp3) is 0.290. The minimum atomic E-state index is -0.438. The minimum Gasteiger partial charge on any atom is -0.352 e. The van der Waals surface area contributed by atoms with Crippen LogP contribution in [0.1, 0.15) is 48.4 Å². The number of carbonyl (C=O) groups is 2. The molecule has 0 saturated carbocycles. The first kappa shape index (κ1) is 26.8.